The van der Waals surface area contributed by atoms with Crippen LogP contribution >= 0.6 is 0 Å². The third-order valence-corrected chi connectivity index (χ3v) is 7.60. The molecule has 2 aromatic rings. The fraction of sp³-hybridized carbons (Fsp3) is 0.480. The Morgan fingerprint density at radius 3 is 2.13 bits per heavy atom. The number of benzene rings is 2. The Morgan fingerprint density at radius 2 is 1.58 bits per heavy atom. The Bertz CT molecular complexity index is 1010. The van der Waals surface area contributed by atoms with Crippen molar-refractivity contribution in [2.75, 3.05) is 0 Å². The van der Waals surface area contributed by atoms with Crippen LogP contribution in [0.4, 0.5) is 0 Å². The maximum atomic E-state index is 13.0. The Morgan fingerprint density at radius 1 is 0.968 bits per heavy atom. The lowest BCUT2D eigenvalue weighted by Crippen LogP contribution is -2.32. The molecule has 0 bridgehead atoms. The van der Waals surface area contributed by atoms with Gasteiger partial charge >= 0.3 is 0 Å². The summed E-state index contributed by atoms with van der Waals surface area (Å²) in [6, 6.07) is 15.9. The summed E-state index contributed by atoms with van der Waals surface area (Å²) >= 11 is 0. The maximum absolute atomic E-state index is 13.0. The van der Waals surface area contributed by atoms with E-state index in [1.165, 1.54) is 11.1 Å². The smallest absolute Gasteiger partial charge is 0.240 e. The molecule has 2 aliphatic carbocycles. The van der Waals surface area contributed by atoms with Crippen molar-refractivity contribution in [1.29, 1.82) is 0 Å². The van der Waals surface area contributed by atoms with Gasteiger partial charge in [-0.25, -0.2) is 13.1 Å². The van der Waals surface area contributed by atoms with E-state index in [2.05, 4.69) is 42.8 Å². The number of nitrogens with zero attached hydrogens (tertiary/aromatic N) is 1. The minimum atomic E-state index is -3.43. The van der Waals surface area contributed by atoms with Gasteiger partial charge < -0.3 is 4.90 Å². The van der Waals surface area contributed by atoms with Crippen LogP contribution in [0.1, 0.15) is 68.6 Å². The first-order valence-corrected chi connectivity index (χ1v) is 12.8. The average molecular weight is 441 g/mol. The molecular weight excluding hydrogens is 408 g/mol. The molecule has 1 N–H and O–H groups in total. The van der Waals surface area contributed by atoms with Gasteiger partial charge in [0, 0.05) is 25.0 Å². The van der Waals surface area contributed by atoms with Crippen LogP contribution in [0, 0.1) is 0 Å². The Balaban J connectivity index is 1.34. The standard InChI is InChI=1S/C25H32N2O3S/c1-18(2)21-8-3-20(4-9-21)17-27(23-12-13-23)25(28)16-7-19-5-14-24(15-6-19)31(29,30)26-22-10-11-22/h3-6,8-9,14-15,18,22-23,26H,7,10-13,16-17H2,1-2H3. The molecule has 5 nitrogen and oxygen atoms in total. The molecule has 2 aromatic carbocycles. The molecule has 31 heavy (non-hydrogen) atoms. The minimum Gasteiger partial charge on any atom is -0.335 e. The number of hydrogen-bond donors (Lipinski definition) is 1. The van der Waals surface area contributed by atoms with Crippen LogP contribution in [0.25, 0.3) is 0 Å². The van der Waals surface area contributed by atoms with Gasteiger partial charge in [0.25, 0.3) is 0 Å². The van der Waals surface area contributed by atoms with Gasteiger partial charge in [-0.05, 0) is 66.8 Å². The van der Waals surface area contributed by atoms with E-state index in [9.17, 15) is 13.2 Å². The van der Waals surface area contributed by atoms with Crippen LogP contribution in [-0.4, -0.2) is 31.3 Å². The van der Waals surface area contributed by atoms with Crippen molar-refractivity contribution in [3.05, 3.63) is 65.2 Å². The van der Waals surface area contributed by atoms with Gasteiger partial charge in [-0.15, -0.1) is 0 Å². The van der Waals surface area contributed by atoms with Gasteiger partial charge in [0.05, 0.1) is 4.90 Å². The predicted octanol–water partition coefficient (Wildman–Crippen LogP) is 4.37. The van der Waals surface area contributed by atoms with Crippen LogP contribution in [0.3, 0.4) is 0 Å². The van der Waals surface area contributed by atoms with E-state index in [-0.39, 0.29) is 11.9 Å². The Kier molecular flexibility index (Phi) is 6.49. The Labute approximate surface area is 185 Å². The van der Waals surface area contributed by atoms with Crippen LogP contribution < -0.4 is 4.72 Å². The number of aryl methyl sites for hydroxylation is 1. The molecule has 0 heterocycles. The fourth-order valence-electron chi connectivity index (χ4n) is 3.73. The van der Waals surface area contributed by atoms with Crippen molar-refractivity contribution in [3.8, 4) is 0 Å². The molecule has 0 saturated heterocycles. The summed E-state index contributed by atoms with van der Waals surface area (Å²) in [6.45, 7) is 5.02. The first-order chi connectivity index (χ1) is 14.8. The average Bonchev–Trinajstić information content (AvgIpc) is 3.66. The highest BCUT2D eigenvalue weighted by Crippen LogP contribution is 2.29. The molecule has 2 fully saturated rings. The van der Waals surface area contributed by atoms with Gasteiger partial charge in [-0.3, -0.25) is 4.79 Å². The van der Waals surface area contributed by atoms with Crippen molar-refractivity contribution < 1.29 is 13.2 Å². The molecule has 166 valence electrons. The van der Waals surface area contributed by atoms with Crippen molar-refractivity contribution >= 4 is 15.9 Å². The van der Waals surface area contributed by atoms with Gasteiger partial charge in [0.2, 0.25) is 15.9 Å². The van der Waals surface area contributed by atoms with Gasteiger partial charge in [0.15, 0.2) is 0 Å². The van der Waals surface area contributed by atoms with E-state index in [1.807, 2.05) is 17.0 Å². The molecule has 0 aromatic heterocycles. The topological polar surface area (TPSA) is 66.5 Å². The molecule has 1 amide bonds. The molecule has 4 rings (SSSR count). The number of carbonyl (C=O) groups excluding carboxylic acids is 1. The van der Waals surface area contributed by atoms with E-state index in [4.69, 9.17) is 0 Å². The summed E-state index contributed by atoms with van der Waals surface area (Å²) in [5.41, 5.74) is 3.46. The summed E-state index contributed by atoms with van der Waals surface area (Å²) in [5.74, 6) is 0.670. The molecule has 2 aliphatic rings. The number of amides is 1. The highest BCUT2D eigenvalue weighted by Gasteiger charge is 2.32. The van der Waals surface area contributed by atoms with Gasteiger partial charge in [0.1, 0.15) is 0 Å². The van der Waals surface area contributed by atoms with Crippen LogP contribution in [0.5, 0.6) is 0 Å². The second-order valence-corrected chi connectivity index (χ2v) is 10.9. The van der Waals surface area contributed by atoms with Crippen molar-refractivity contribution in [2.45, 2.75) is 81.8 Å². The fourth-order valence-corrected chi connectivity index (χ4v) is 5.04. The quantitative estimate of drug-likeness (QED) is 0.596. The van der Waals surface area contributed by atoms with Crippen molar-refractivity contribution in [1.82, 2.24) is 9.62 Å². The molecule has 0 aliphatic heterocycles. The van der Waals surface area contributed by atoms with Gasteiger partial charge in [-0.2, -0.15) is 0 Å². The molecule has 0 unspecified atom stereocenters. The molecule has 6 heteroatoms. The lowest BCUT2D eigenvalue weighted by atomic mass is 10.0. The van der Waals surface area contributed by atoms with E-state index in [0.29, 0.717) is 36.2 Å². The third-order valence-electron chi connectivity index (χ3n) is 6.07. The summed E-state index contributed by atoms with van der Waals surface area (Å²) in [4.78, 5) is 15.3. The van der Waals surface area contributed by atoms with E-state index in [1.54, 1.807) is 12.1 Å². The first kappa shape index (κ1) is 22.0. The summed E-state index contributed by atoms with van der Waals surface area (Å²) in [6.07, 6.45) is 5.04. The largest absolute Gasteiger partial charge is 0.335 e. The molecule has 0 atom stereocenters. The number of carbonyl (C=O) groups is 1. The monoisotopic (exact) mass is 440 g/mol. The number of nitrogens with one attached hydrogen (secondary N) is 1. The predicted molar refractivity (Wildman–Crippen MR) is 122 cm³/mol. The second kappa shape index (κ2) is 9.13. The highest BCUT2D eigenvalue weighted by atomic mass is 32.2. The zero-order valence-electron chi connectivity index (χ0n) is 18.4. The minimum absolute atomic E-state index is 0.0947. The van der Waals surface area contributed by atoms with E-state index in [0.717, 1.165) is 31.2 Å². The summed E-state index contributed by atoms with van der Waals surface area (Å²) < 4.78 is 27.3. The Hall–Kier alpha value is -2.18. The third kappa shape index (κ3) is 5.95. The number of rotatable bonds is 10. The number of sulfonamides is 1. The molecule has 0 spiro atoms. The van der Waals surface area contributed by atoms with E-state index >= 15 is 0 Å². The second-order valence-electron chi connectivity index (χ2n) is 9.19. The molecular formula is C25H32N2O3S. The lowest BCUT2D eigenvalue weighted by Gasteiger charge is -2.23. The lowest BCUT2D eigenvalue weighted by molar-refractivity contribution is -0.132. The van der Waals surface area contributed by atoms with Crippen LogP contribution in [0.15, 0.2) is 53.4 Å². The molecule has 2 saturated carbocycles. The maximum Gasteiger partial charge on any atom is 0.240 e. The van der Waals surface area contributed by atoms with Crippen molar-refractivity contribution in [2.24, 2.45) is 0 Å². The van der Waals surface area contributed by atoms with Gasteiger partial charge in [-0.1, -0.05) is 50.2 Å². The molecule has 0 radical (unpaired) electrons. The number of hydrogen-bond acceptors (Lipinski definition) is 3. The first-order valence-electron chi connectivity index (χ1n) is 11.3. The zero-order chi connectivity index (χ0) is 22.0. The van der Waals surface area contributed by atoms with E-state index < -0.39 is 10.0 Å². The van der Waals surface area contributed by atoms with Crippen molar-refractivity contribution in [3.63, 3.8) is 0 Å². The summed E-state index contributed by atoms with van der Waals surface area (Å²) in [7, 11) is -3.43. The van der Waals surface area contributed by atoms with Crippen LogP contribution in [-0.2, 0) is 27.8 Å². The highest BCUT2D eigenvalue weighted by molar-refractivity contribution is 7.89. The zero-order valence-corrected chi connectivity index (χ0v) is 19.2. The SMILES string of the molecule is CC(C)c1ccc(CN(C(=O)CCc2ccc(S(=O)(=O)NC3CC3)cc2)C2CC2)cc1. The normalized spacial score (nSPS) is 16.5. The summed E-state index contributed by atoms with van der Waals surface area (Å²) in [5, 5.41) is 0. The van der Waals surface area contributed by atoms with Crippen LogP contribution in [0.2, 0.25) is 0 Å².